The standard InChI is InChI=1S/C24H20B.C14H17N5.C6H7N.Co/c1-5-13-21(14-6-1)25(22-15-7-2-8-16-22,23-17-9-3-10-18-23)24-19-11-4-12-20-24;1-3-13(18-5-1)11-16-9-7-15-8-10-17-12-14-4-2-6-19-14;1-6-2-4-7-5-3-6;/h1-20H;1-6,11-12,15H,7-10H2;2-5H,1H3;/q-1;-2;;+3. The van der Waals surface area contributed by atoms with Gasteiger partial charge in [-0.3, -0.25) is 15.0 Å². The molecular weight excluding hydrogens is 682 g/mol. The van der Waals surface area contributed by atoms with E-state index in [1.807, 2.05) is 43.3 Å². The number of aryl methyl sites for hydroxylation is 1. The van der Waals surface area contributed by atoms with Crippen LogP contribution in [0.3, 0.4) is 0 Å². The molecule has 262 valence electrons. The molecule has 7 aromatic rings. The molecule has 0 saturated carbocycles. The maximum atomic E-state index is 4.27. The van der Waals surface area contributed by atoms with Crippen molar-refractivity contribution < 1.29 is 16.8 Å². The minimum Gasteiger partial charge on any atom is -0.663 e. The number of benzene rings is 4. The van der Waals surface area contributed by atoms with Crippen molar-refractivity contribution in [1.29, 1.82) is 0 Å². The Morgan fingerprint density at radius 3 is 1.17 bits per heavy atom. The third kappa shape index (κ3) is 11.8. The number of hydrogen-bond acceptors (Lipinski definition) is 4. The van der Waals surface area contributed by atoms with Crippen molar-refractivity contribution in [2.45, 2.75) is 6.92 Å². The Balaban J connectivity index is 0.000000198. The van der Waals surface area contributed by atoms with Crippen LogP contribution < -0.4 is 37.1 Å². The minimum atomic E-state index is -1.22. The Kier molecular flexibility index (Phi) is 16.8. The van der Waals surface area contributed by atoms with Gasteiger partial charge in [-0.2, -0.15) is 34.2 Å². The largest absolute Gasteiger partial charge is 3.00 e. The summed E-state index contributed by atoms with van der Waals surface area (Å²) >= 11 is 0. The first-order chi connectivity index (χ1) is 25.3. The molecular formula is C44H44BCoN6. The van der Waals surface area contributed by atoms with Crippen molar-refractivity contribution in [2.75, 3.05) is 26.2 Å². The summed E-state index contributed by atoms with van der Waals surface area (Å²) in [6.45, 7) is 5.24. The molecule has 0 radical (unpaired) electrons. The van der Waals surface area contributed by atoms with Gasteiger partial charge in [0.2, 0.25) is 0 Å². The molecule has 0 aliphatic heterocycles. The molecule has 0 bridgehead atoms. The molecule has 0 spiro atoms. The fourth-order valence-electron chi connectivity index (χ4n) is 6.06. The van der Waals surface area contributed by atoms with Gasteiger partial charge in [-0.25, -0.2) is 0 Å². The second-order valence-electron chi connectivity index (χ2n) is 12.0. The predicted octanol–water partition coefficient (Wildman–Crippen LogP) is 5.18. The number of aliphatic imine (C=N–C) groups is 2. The number of nitrogens with one attached hydrogen (secondary N) is 1. The van der Waals surface area contributed by atoms with Gasteiger partial charge in [0.15, 0.2) is 0 Å². The molecule has 6 nitrogen and oxygen atoms in total. The summed E-state index contributed by atoms with van der Waals surface area (Å²) in [6, 6.07) is 55.1. The quantitative estimate of drug-likeness (QED) is 0.107. The number of hydrogen-bond donors (Lipinski definition) is 1. The van der Waals surface area contributed by atoms with Crippen molar-refractivity contribution in [3.63, 3.8) is 0 Å². The Hall–Kier alpha value is -5.54. The molecule has 3 heterocycles. The third-order valence-electron chi connectivity index (χ3n) is 8.48. The summed E-state index contributed by atoms with van der Waals surface area (Å²) in [5, 5.41) is 3.28. The fourth-order valence-corrected chi connectivity index (χ4v) is 6.06. The Bertz CT molecular complexity index is 1740. The van der Waals surface area contributed by atoms with E-state index in [2.05, 4.69) is 152 Å². The van der Waals surface area contributed by atoms with Gasteiger partial charge in [0.1, 0.15) is 6.15 Å². The van der Waals surface area contributed by atoms with Gasteiger partial charge in [-0.15, -0.1) is 11.4 Å². The van der Waals surface area contributed by atoms with E-state index in [1.165, 1.54) is 27.4 Å². The van der Waals surface area contributed by atoms with Crippen molar-refractivity contribution in [3.8, 4) is 0 Å². The van der Waals surface area contributed by atoms with E-state index >= 15 is 0 Å². The minimum absolute atomic E-state index is 0. The topological polar surface area (TPSA) is 77.8 Å². The van der Waals surface area contributed by atoms with Crippen molar-refractivity contribution in [3.05, 3.63) is 199 Å². The predicted molar refractivity (Wildman–Crippen MR) is 216 cm³/mol. The number of aromatic nitrogens is 3. The van der Waals surface area contributed by atoms with E-state index in [0.717, 1.165) is 37.6 Å². The van der Waals surface area contributed by atoms with Crippen molar-refractivity contribution in [2.24, 2.45) is 9.98 Å². The van der Waals surface area contributed by atoms with Crippen LogP contribution in [0.4, 0.5) is 0 Å². The zero-order valence-electron chi connectivity index (χ0n) is 29.5. The van der Waals surface area contributed by atoms with Gasteiger partial charge in [0, 0.05) is 37.9 Å². The molecule has 0 saturated heterocycles. The van der Waals surface area contributed by atoms with Crippen molar-refractivity contribution in [1.82, 2.24) is 20.3 Å². The summed E-state index contributed by atoms with van der Waals surface area (Å²) in [6.07, 6.45) is 9.47. The molecule has 52 heavy (non-hydrogen) atoms. The van der Waals surface area contributed by atoms with Crippen LogP contribution in [0.1, 0.15) is 17.0 Å². The zero-order chi connectivity index (χ0) is 35.2. The van der Waals surface area contributed by atoms with Gasteiger partial charge in [-0.05, 0) is 24.6 Å². The molecule has 0 aliphatic carbocycles. The second-order valence-corrected chi connectivity index (χ2v) is 12.0. The van der Waals surface area contributed by atoms with Gasteiger partial charge in [-0.1, -0.05) is 146 Å². The van der Waals surface area contributed by atoms with Crippen LogP contribution in [0.5, 0.6) is 0 Å². The average molecular weight is 727 g/mol. The second kappa shape index (κ2) is 22.3. The van der Waals surface area contributed by atoms with Crippen LogP contribution in [0.15, 0.2) is 192 Å². The number of rotatable bonds is 12. The van der Waals surface area contributed by atoms with Gasteiger partial charge in [0.25, 0.3) is 0 Å². The molecule has 8 heteroatoms. The molecule has 0 atom stereocenters. The summed E-state index contributed by atoms with van der Waals surface area (Å²) in [5.41, 5.74) is 8.43. The number of nitrogens with zero attached hydrogens (tertiary/aromatic N) is 5. The van der Waals surface area contributed by atoms with E-state index in [0.29, 0.717) is 0 Å². The Morgan fingerprint density at radius 2 is 0.885 bits per heavy atom. The van der Waals surface area contributed by atoms with Crippen LogP contribution in [0, 0.1) is 6.92 Å². The van der Waals surface area contributed by atoms with E-state index in [-0.39, 0.29) is 16.8 Å². The van der Waals surface area contributed by atoms with Crippen LogP contribution in [-0.2, 0) is 16.8 Å². The Labute approximate surface area is 318 Å². The van der Waals surface area contributed by atoms with E-state index in [1.54, 1.807) is 37.2 Å². The van der Waals surface area contributed by atoms with E-state index in [9.17, 15) is 0 Å². The average Bonchev–Trinajstić information content (AvgIpc) is 3.93. The summed E-state index contributed by atoms with van der Waals surface area (Å²) < 4.78 is 0. The normalized spacial score (nSPS) is 10.9. The van der Waals surface area contributed by atoms with Crippen molar-refractivity contribution >= 4 is 40.4 Å². The monoisotopic (exact) mass is 726 g/mol. The molecule has 7 rings (SSSR count). The van der Waals surface area contributed by atoms with Crippen LogP contribution >= 0.6 is 0 Å². The first kappa shape index (κ1) is 39.3. The SMILES string of the molecule is C(=NCCNCCN=Cc1ccc[n-]1)c1ccc[n-]1.Cc1ccncc1.[Co+3].c1ccc([B-](c2ccccc2)(c2ccccc2)c2ccccc2)cc1. The van der Waals surface area contributed by atoms with Crippen LogP contribution in [0.2, 0.25) is 0 Å². The van der Waals surface area contributed by atoms with Gasteiger partial charge in [0.05, 0.1) is 13.1 Å². The third-order valence-corrected chi connectivity index (χ3v) is 8.48. The Morgan fingerprint density at radius 1 is 0.519 bits per heavy atom. The van der Waals surface area contributed by atoms with Gasteiger partial charge < -0.3 is 15.3 Å². The molecule has 1 N–H and O–H groups in total. The molecule has 0 aliphatic rings. The summed E-state index contributed by atoms with van der Waals surface area (Å²) in [5.74, 6) is 0. The maximum Gasteiger partial charge on any atom is 3.00 e. The van der Waals surface area contributed by atoms with Crippen LogP contribution in [-0.4, -0.2) is 49.7 Å². The first-order valence-corrected chi connectivity index (χ1v) is 17.4. The fraction of sp³-hybridized carbons (Fsp3) is 0.114. The first-order valence-electron chi connectivity index (χ1n) is 17.4. The number of pyridine rings is 1. The van der Waals surface area contributed by atoms with E-state index in [4.69, 9.17) is 0 Å². The summed E-state index contributed by atoms with van der Waals surface area (Å²) in [7, 11) is 0. The van der Waals surface area contributed by atoms with Crippen LogP contribution in [0.25, 0.3) is 0 Å². The molecule has 3 aromatic heterocycles. The molecule has 0 unspecified atom stereocenters. The van der Waals surface area contributed by atoms with E-state index < -0.39 is 6.15 Å². The zero-order valence-corrected chi connectivity index (χ0v) is 30.5. The molecule has 0 fully saturated rings. The molecule has 0 amide bonds. The smallest absolute Gasteiger partial charge is 0.663 e. The van der Waals surface area contributed by atoms with Gasteiger partial charge >= 0.3 is 16.8 Å². The molecule has 4 aromatic carbocycles. The maximum absolute atomic E-state index is 4.27. The summed E-state index contributed by atoms with van der Waals surface area (Å²) in [4.78, 5) is 20.6.